The molecule has 0 saturated carbocycles. The highest BCUT2D eigenvalue weighted by Crippen LogP contribution is 2.30. The van der Waals surface area contributed by atoms with Crippen molar-refractivity contribution in [1.82, 2.24) is 4.57 Å². The number of para-hydroxylation sites is 1. The van der Waals surface area contributed by atoms with Gasteiger partial charge in [0.2, 0.25) is 0 Å². The second-order valence-corrected chi connectivity index (χ2v) is 8.49. The zero-order chi connectivity index (χ0) is 19.0. The first-order chi connectivity index (χ1) is 12.9. The van der Waals surface area contributed by atoms with E-state index in [2.05, 4.69) is 111 Å². The number of nitrogens with zero attached hydrogens (tertiary/aromatic N) is 1. The molecule has 4 aromatic rings. The van der Waals surface area contributed by atoms with Crippen LogP contribution in [0.4, 0.5) is 0 Å². The maximum atomic E-state index is 2.44. The number of aromatic nitrogens is 1. The summed E-state index contributed by atoms with van der Waals surface area (Å²) in [5, 5.41) is 1.29. The first-order valence-corrected chi connectivity index (χ1v) is 9.66. The van der Waals surface area contributed by atoms with Gasteiger partial charge in [-0.15, -0.1) is 0 Å². The number of hydrogen-bond acceptors (Lipinski definition) is 0. The van der Waals surface area contributed by atoms with Crippen LogP contribution in [0.3, 0.4) is 0 Å². The minimum atomic E-state index is 0.186. The number of rotatable bonds is 3. The quantitative estimate of drug-likeness (QED) is 0.375. The van der Waals surface area contributed by atoms with Crippen LogP contribution in [0.1, 0.15) is 37.5 Å². The third kappa shape index (κ3) is 3.55. The summed E-state index contributed by atoms with van der Waals surface area (Å²) in [6.45, 7) is 9.81. The lowest BCUT2D eigenvalue weighted by molar-refractivity contribution is 0.590. The molecule has 0 aliphatic heterocycles. The fourth-order valence-electron chi connectivity index (χ4n) is 3.72. The van der Waals surface area contributed by atoms with Gasteiger partial charge in [-0.2, -0.15) is 0 Å². The lowest BCUT2D eigenvalue weighted by atomic mass is 9.87. The fraction of sp³-hybridized carbons (Fsp3) is 0.231. The van der Waals surface area contributed by atoms with Crippen molar-refractivity contribution in [2.24, 2.45) is 0 Å². The van der Waals surface area contributed by atoms with E-state index in [1.165, 1.54) is 38.9 Å². The molecule has 0 fully saturated rings. The van der Waals surface area contributed by atoms with E-state index in [9.17, 15) is 0 Å². The molecule has 0 aliphatic rings. The molecule has 0 atom stereocenters. The van der Waals surface area contributed by atoms with Crippen molar-refractivity contribution >= 4 is 10.9 Å². The van der Waals surface area contributed by atoms with E-state index in [0.717, 1.165) is 6.54 Å². The van der Waals surface area contributed by atoms with Crippen molar-refractivity contribution in [2.45, 2.75) is 39.7 Å². The number of hydrogen-bond donors (Lipinski definition) is 0. The van der Waals surface area contributed by atoms with E-state index in [1.54, 1.807) is 0 Å². The van der Waals surface area contributed by atoms with Gasteiger partial charge in [-0.1, -0.05) is 87.0 Å². The monoisotopic (exact) mass is 353 g/mol. The van der Waals surface area contributed by atoms with Crippen LogP contribution in [0.15, 0.2) is 78.9 Å². The smallest absolute Gasteiger partial charge is 0.0494 e. The van der Waals surface area contributed by atoms with Gasteiger partial charge in [-0.25, -0.2) is 0 Å². The van der Waals surface area contributed by atoms with E-state index < -0.39 is 0 Å². The zero-order valence-corrected chi connectivity index (χ0v) is 16.7. The summed E-state index contributed by atoms with van der Waals surface area (Å²) < 4.78 is 2.44. The van der Waals surface area contributed by atoms with Crippen LogP contribution in [0, 0.1) is 6.92 Å². The van der Waals surface area contributed by atoms with Gasteiger partial charge in [0.1, 0.15) is 0 Å². The third-order valence-corrected chi connectivity index (χ3v) is 5.29. The van der Waals surface area contributed by atoms with Crippen LogP contribution >= 0.6 is 0 Å². The summed E-state index contributed by atoms with van der Waals surface area (Å²) >= 11 is 0. The molecule has 27 heavy (non-hydrogen) atoms. The van der Waals surface area contributed by atoms with Crippen molar-refractivity contribution in [2.75, 3.05) is 0 Å². The topological polar surface area (TPSA) is 4.93 Å². The molecule has 0 saturated heterocycles. The molecule has 0 radical (unpaired) electrons. The van der Waals surface area contributed by atoms with Gasteiger partial charge in [0.25, 0.3) is 0 Å². The third-order valence-electron chi connectivity index (χ3n) is 5.29. The van der Waals surface area contributed by atoms with Gasteiger partial charge in [-0.05, 0) is 47.2 Å². The van der Waals surface area contributed by atoms with Crippen molar-refractivity contribution in [3.63, 3.8) is 0 Å². The lowest BCUT2D eigenvalue weighted by Gasteiger charge is -2.19. The van der Waals surface area contributed by atoms with Crippen LogP contribution in [0.5, 0.6) is 0 Å². The normalized spacial score (nSPS) is 11.9. The first kappa shape index (κ1) is 17.6. The summed E-state index contributed by atoms with van der Waals surface area (Å²) in [5.41, 5.74) is 8.02. The van der Waals surface area contributed by atoms with Crippen molar-refractivity contribution < 1.29 is 0 Å². The maximum absolute atomic E-state index is 2.44. The molecule has 4 rings (SSSR count). The largest absolute Gasteiger partial charge is 0.336 e. The molecule has 1 nitrogen and oxygen atoms in total. The first-order valence-electron chi connectivity index (χ1n) is 9.66. The molecule has 0 amide bonds. The van der Waals surface area contributed by atoms with Gasteiger partial charge >= 0.3 is 0 Å². The Morgan fingerprint density at radius 1 is 0.778 bits per heavy atom. The zero-order valence-electron chi connectivity index (χ0n) is 16.7. The molecule has 0 aliphatic carbocycles. The molecule has 3 aromatic carbocycles. The van der Waals surface area contributed by atoms with E-state index in [1.807, 2.05) is 0 Å². The second kappa shape index (κ2) is 6.74. The number of benzene rings is 3. The lowest BCUT2D eigenvalue weighted by Crippen LogP contribution is -2.11. The van der Waals surface area contributed by atoms with Gasteiger partial charge in [0, 0.05) is 23.1 Å². The fourth-order valence-corrected chi connectivity index (χ4v) is 3.72. The Morgan fingerprint density at radius 3 is 2.22 bits per heavy atom. The average Bonchev–Trinajstić information content (AvgIpc) is 3.00. The summed E-state index contributed by atoms with van der Waals surface area (Å²) in [4.78, 5) is 0. The van der Waals surface area contributed by atoms with Crippen molar-refractivity contribution in [1.29, 1.82) is 0 Å². The summed E-state index contributed by atoms with van der Waals surface area (Å²) in [6.07, 6.45) is 0. The van der Waals surface area contributed by atoms with Crippen LogP contribution in [-0.2, 0) is 12.0 Å². The predicted octanol–water partition coefficient (Wildman–Crippen LogP) is 6.96. The highest BCUT2D eigenvalue weighted by Gasteiger charge is 2.14. The van der Waals surface area contributed by atoms with Crippen LogP contribution < -0.4 is 0 Å². The molecule has 1 aromatic heterocycles. The Balaban J connectivity index is 1.79. The molecular weight excluding hydrogens is 326 g/mol. The van der Waals surface area contributed by atoms with E-state index in [4.69, 9.17) is 0 Å². The molecule has 136 valence electrons. The molecular formula is C26H27N. The molecule has 1 heterocycles. The minimum absolute atomic E-state index is 0.186. The van der Waals surface area contributed by atoms with E-state index >= 15 is 0 Å². The molecule has 0 spiro atoms. The Kier molecular flexibility index (Phi) is 4.39. The standard InChI is InChI=1S/C26H27N/c1-19-8-7-10-21(16-19)25-17-22-9-5-6-11-24(22)27(25)18-20-12-14-23(15-13-20)26(2,3)4/h5-17H,18H2,1-4H3. The summed E-state index contributed by atoms with van der Waals surface area (Å²) in [7, 11) is 0. The van der Waals surface area contributed by atoms with Gasteiger partial charge < -0.3 is 4.57 Å². The predicted molar refractivity (Wildman–Crippen MR) is 116 cm³/mol. The summed E-state index contributed by atoms with van der Waals surface area (Å²) in [6, 6.07) is 28.8. The Morgan fingerprint density at radius 2 is 1.52 bits per heavy atom. The van der Waals surface area contributed by atoms with Crippen LogP contribution in [0.2, 0.25) is 0 Å². The SMILES string of the molecule is Cc1cccc(-c2cc3ccccc3n2Cc2ccc(C(C)(C)C)cc2)c1. The van der Waals surface area contributed by atoms with E-state index in [-0.39, 0.29) is 5.41 Å². The Labute approximate surface area is 162 Å². The highest BCUT2D eigenvalue weighted by atomic mass is 15.0. The molecule has 1 heteroatoms. The summed E-state index contributed by atoms with van der Waals surface area (Å²) in [5.74, 6) is 0. The second-order valence-electron chi connectivity index (χ2n) is 8.49. The van der Waals surface area contributed by atoms with Crippen molar-refractivity contribution in [3.8, 4) is 11.3 Å². The van der Waals surface area contributed by atoms with Gasteiger partial charge in [-0.3, -0.25) is 0 Å². The Hall–Kier alpha value is -2.80. The van der Waals surface area contributed by atoms with Gasteiger partial charge in [0.15, 0.2) is 0 Å². The number of fused-ring (bicyclic) bond motifs is 1. The molecule has 0 bridgehead atoms. The highest BCUT2D eigenvalue weighted by molar-refractivity contribution is 5.87. The molecule has 0 N–H and O–H groups in total. The number of aryl methyl sites for hydroxylation is 1. The Bertz CT molecular complexity index is 1080. The van der Waals surface area contributed by atoms with Crippen molar-refractivity contribution in [3.05, 3.63) is 95.6 Å². The maximum Gasteiger partial charge on any atom is 0.0494 e. The van der Waals surface area contributed by atoms with Crippen LogP contribution in [0.25, 0.3) is 22.2 Å². The minimum Gasteiger partial charge on any atom is -0.336 e. The van der Waals surface area contributed by atoms with Crippen LogP contribution in [-0.4, -0.2) is 4.57 Å². The van der Waals surface area contributed by atoms with E-state index in [0.29, 0.717) is 0 Å². The average molecular weight is 354 g/mol. The van der Waals surface area contributed by atoms with Gasteiger partial charge in [0.05, 0.1) is 0 Å². The molecule has 0 unspecified atom stereocenters.